The van der Waals surface area contributed by atoms with E-state index in [9.17, 15) is 4.79 Å². The third-order valence-electron chi connectivity index (χ3n) is 4.81. The summed E-state index contributed by atoms with van der Waals surface area (Å²) in [6.45, 7) is 6.25. The number of hydrogen-bond donors (Lipinski definition) is 1. The molecule has 6 heteroatoms. The van der Waals surface area contributed by atoms with Crippen LogP contribution < -0.4 is 14.8 Å². The first-order valence-corrected chi connectivity index (χ1v) is 9.08. The van der Waals surface area contributed by atoms with Crippen LogP contribution in [0.3, 0.4) is 0 Å². The van der Waals surface area contributed by atoms with E-state index < -0.39 is 0 Å². The van der Waals surface area contributed by atoms with Crippen molar-refractivity contribution in [2.75, 3.05) is 40.0 Å². The van der Waals surface area contributed by atoms with Gasteiger partial charge in [-0.2, -0.15) is 0 Å². The van der Waals surface area contributed by atoms with Gasteiger partial charge in [-0.05, 0) is 30.0 Å². The summed E-state index contributed by atoms with van der Waals surface area (Å²) in [7, 11) is 1.55. The van der Waals surface area contributed by atoms with Crippen LogP contribution >= 0.6 is 0 Å². The van der Waals surface area contributed by atoms with Crippen LogP contribution in [0, 0.1) is 5.92 Å². The lowest BCUT2D eigenvalue weighted by Gasteiger charge is -2.21. The number of methoxy groups -OCH3 is 1. The van der Waals surface area contributed by atoms with Crippen LogP contribution in [0.4, 0.5) is 0 Å². The van der Waals surface area contributed by atoms with Crippen molar-refractivity contribution in [1.29, 1.82) is 0 Å². The zero-order valence-electron chi connectivity index (χ0n) is 15.1. The summed E-state index contributed by atoms with van der Waals surface area (Å²) in [5.74, 6) is 2.11. The summed E-state index contributed by atoms with van der Waals surface area (Å²) in [6, 6.07) is 6.35. The Hall–Kier alpha value is -1.79. The summed E-state index contributed by atoms with van der Waals surface area (Å²) in [4.78, 5) is 14.3. The average molecular weight is 348 g/mol. The predicted molar refractivity (Wildman–Crippen MR) is 94.9 cm³/mol. The number of carbonyl (C=O) groups is 1. The molecule has 6 nitrogen and oxygen atoms in total. The van der Waals surface area contributed by atoms with Crippen molar-refractivity contribution >= 4 is 5.91 Å². The average Bonchev–Trinajstić information content (AvgIpc) is 2.96. The molecule has 2 aliphatic heterocycles. The Labute approximate surface area is 149 Å². The molecule has 0 radical (unpaired) electrons. The van der Waals surface area contributed by atoms with E-state index in [0.29, 0.717) is 19.1 Å². The Morgan fingerprint density at radius 1 is 1.28 bits per heavy atom. The molecule has 2 heterocycles. The number of carbonyl (C=O) groups excluding carboxylic acids is 1. The van der Waals surface area contributed by atoms with Crippen LogP contribution in [0.25, 0.3) is 0 Å². The Balaban J connectivity index is 1.61. The normalized spacial score (nSPS) is 22.8. The van der Waals surface area contributed by atoms with Gasteiger partial charge < -0.3 is 19.5 Å². The zero-order valence-corrected chi connectivity index (χ0v) is 15.1. The van der Waals surface area contributed by atoms with E-state index in [1.807, 2.05) is 6.07 Å². The minimum Gasteiger partial charge on any atom is -0.486 e. The predicted octanol–water partition coefficient (Wildman–Crippen LogP) is 1.82. The van der Waals surface area contributed by atoms with E-state index >= 15 is 0 Å². The Bertz CT molecular complexity index is 593. The SMILES string of the molecule is CCC[C@@H]1CN(Cc2ccc3c(c2)OCCO3)C[C@H]1NC(=O)COC. The summed E-state index contributed by atoms with van der Waals surface area (Å²) in [5, 5.41) is 3.13. The van der Waals surface area contributed by atoms with Gasteiger partial charge in [-0.3, -0.25) is 9.69 Å². The van der Waals surface area contributed by atoms with E-state index in [-0.39, 0.29) is 18.6 Å². The maximum atomic E-state index is 11.9. The first-order chi connectivity index (χ1) is 12.2. The van der Waals surface area contributed by atoms with Crippen LogP contribution in [0.2, 0.25) is 0 Å². The van der Waals surface area contributed by atoms with E-state index in [1.165, 1.54) is 5.56 Å². The van der Waals surface area contributed by atoms with Gasteiger partial charge in [-0.25, -0.2) is 0 Å². The summed E-state index contributed by atoms with van der Waals surface area (Å²) >= 11 is 0. The van der Waals surface area contributed by atoms with Crippen molar-refractivity contribution in [3.8, 4) is 11.5 Å². The molecule has 138 valence electrons. The molecular formula is C19H28N2O4. The molecule has 0 unspecified atom stereocenters. The van der Waals surface area contributed by atoms with Crippen molar-refractivity contribution in [2.45, 2.75) is 32.4 Å². The Morgan fingerprint density at radius 2 is 2.08 bits per heavy atom. The molecule has 1 aromatic rings. The number of nitrogens with zero attached hydrogens (tertiary/aromatic N) is 1. The highest BCUT2D eigenvalue weighted by Crippen LogP contribution is 2.32. The van der Waals surface area contributed by atoms with Gasteiger partial charge >= 0.3 is 0 Å². The molecule has 0 spiro atoms. The second-order valence-corrected chi connectivity index (χ2v) is 6.83. The van der Waals surface area contributed by atoms with Gasteiger partial charge in [0, 0.05) is 32.8 Å². The van der Waals surface area contributed by atoms with Crippen molar-refractivity contribution in [2.24, 2.45) is 5.92 Å². The fourth-order valence-electron chi connectivity index (χ4n) is 3.74. The van der Waals surface area contributed by atoms with Gasteiger partial charge in [0.15, 0.2) is 11.5 Å². The molecule has 1 fully saturated rings. The van der Waals surface area contributed by atoms with Crippen molar-refractivity contribution in [1.82, 2.24) is 10.2 Å². The molecule has 2 aliphatic rings. The summed E-state index contributed by atoms with van der Waals surface area (Å²) in [5.41, 5.74) is 1.21. The Morgan fingerprint density at radius 3 is 2.84 bits per heavy atom. The van der Waals surface area contributed by atoms with Crippen molar-refractivity contribution in [3.05, 3.63) is 23.8 Å². The van der Waals surface area contributed by atoms with E-state index in [2.05, 4.69) is 29.3 Å². The van der Waals surface area contributed by atoms with E-state index in [0.717, 1.165) is 44.0 Å². The minimum atomic E-state index is -0.0326. The second kappa shape index (κ2) is 8.54. The molecular weight excluding hydrogens is 320 g/mol. The van der Waals surface area contributed by atoms with Crippen molar-refractivity contribution in [3.63, 3.8) is 0 Å². The van der Waals surface area contributed by atoms with Crippen LogP contribution in [0.15, 0.2) is 18.2 Å². The monoisotopic (exact) mass is 348 g/mol. The van der Waals surface area contributed by atoms with Gasteiger partial charge in [0.05, 0.1) is 0 Å². The standard InChI is InChI=1S/C19H28N2O4/c1-3-4-15-11-21(12-16(15)20-19(22)13-23-2)10-14-5-6-17-18(9-14)25-8-7-24-17/h5-6,9,15-16H,3-4,7-8,10-13H2,1-2H3,(H,20,22)/t15-,16-/m1/s1. The molecule has 25 heavy (non-hydrogen) atoms. The highest BCUT2D eigenvalue weighted by molar-refractivity contribution is 5.77. The molecule has 3 rings (SSSR count). The lowest BCUT2D eigenvalue weighted by atomic mass is 9.98. The lowest BCUT2D eigenvalue weighted by Crippen LogP contribution is -2.42. The number of nitrogens with one attached hydrogen (secondary N) is 1. The van der Waals surface area contributed by atoms with Gasteiger partial charge in [0.1, 0.15) is 19.8 Å². The second-order valence-electron chi connectivity index (χ2n) is 6.83. The summed E-state index contributed by atoms with van der Waals surface area (Å²) in [6.07, 6.45) is 2.24. The largest absolute Gasteiger partial charge is 0.486 e. The van der Waals surface area contributed by atoms with Gasteiger partial charge in [-0.15, -0.1) is 0 Å². The third kappa shape index (κ3) is 4.64. The molecule has 1 amide bonds. The maximum absolute atomic E-state index is 11.9. The summed E-state index contributed by atoms with van der Waals surface area (Å²) < 4.78 is 16.2. The van der Waals surface area contributed by atoms with Crippen LogP contribution in [-0.2, 0) is 16.1 Å². The fourth-order valence-corrected chi connectivity index (χ4v) is 3.74. The van der Waals surface area contributed by atoms with Crippen LogP contribution in [0.5, 0.6) is 11.5 Å². The zero-order chi connectivity index (χ0) is 17.6. The smallest absolute Gasteiger partial charge is 0.246 e. The van der Waals surface area contributed by atoms with Crippen LogP contribution in [-0.4, -0.2) is 56.9 Å². The number of fused-ring (bicyclic) bond motifs is 1. The fraction of sp³-hybridized carbons (Fsp3) is 0.632. The third-order valence-corrected chi connectivity index (χ3v) is 4.81. The quantitative estimate of drug-likeness (QED) is 0.814. The van der Waals surface area contributed by atoms with E-state index in [1.54, 1.807) is 7.11 Å². The molecule has 0 bridgehead atoms. The molecule has 0 aliphatic carbocycles. The molecule has 0 aromatic heterocycles. The molecule has 2 atom stereocenters. The van der Waals surface area contributed by atoms with Gasteiger partial charge in [0.2, 0.25) is 5.91 Å². The number of rotatable bonds is 7. The first kappa shape index (κ1) is 18.0. The molecule has 1 saturated heterocycles. The van der Waals surface area contributed by atoms with Crippen molar-refractivity contribution < 1.29 is 19.0 Å². The number of hydrogen-bond acceptors (Lipinski definition) is 5. The number of amides is 1. The van der Waals surface area contributed by atoms with Crippen LogP contribution in [0.1, 0.15) is 25.3 Å². The number of ether oxygens (including phenoxy) is 3. The van der Waals surface area contributed by atoms with Gasteiger partial charge in [-0.1, -0.05) is 19.4 Å². The first-order valence-electron chi connectivity index (χ1n) is 9.08. The highest BCUT2D eigenvalue weighted by atomic mass is 16.6. The minimum absolute atomic E-state index is 0.0326. The maximum Gasteiger partial charge on any atom is 0.246 e. The molecule has 0 saturated carbocycles. The molecule has 1 aromatic carbocycles. The highest BCUT2D eigenvalue weighted by Gasteiger charge is 2.33. The number of likely N-dealkylation sites (tertiary alicyclic amines) is 1. The molecule has 1 N–H and O–H groups in total. The number of benzene rings is 1. The van der Waals surface area contributed by atoms with Gasteiger partial charge in [0.25, 0.3) is 0 Å². The topological polar surface area (TPSA) is 60.0 Å². The van der Waals surface area contributed by atoms with E-state index in [4.69, 9.17) is 14.2 Å². The lowest BCUT2D eigenvalue weighted by molar-refractivity contribution is -0.125. The Kier molecular flexibility index (Phi) is 6.15.